The van der Waals surface area contributed by atoms with Crippen LogP contribution in [0.1, 0.15) is 17.2 Å². The molecule has 0 aliphatic heterocycles. The highest BCUT2D eigenvalue weighted by Gasteiger charge is 2.12. The zero-order valence-electron chi connectivity index (χ0n) is 9.40. The minimum absolute atomic E-state index is 0.298. The van der Waals surface area contributed by atoms with E-state index in [9.17, 15) is 0 Å². The molecule has 0 bridgehead atoms. The van der Waals surface area contributed by atoms with Crippen LogP contribution in [-0.2, 0) is 0 Å². The predicted octanol–water partition coefficient (Wildman–Crippen LogP) is 1.35. The molecule has 17 heavy (non-hydrogen) atoms. The fourth-order valence-corrected chi connectivity index (χ4v) is 1.39. The third kappa shape index (κ3) is 2.98. The molecule has 1 atom stereocenters. The van der Waals surface area contributed by atoms with Crippen LogP contribution in [0, 0.1) is 35.0 Å². The number of ether oxygens (including phenoxy) is 1. The lowest BCUT2D eigenvalue weighted by Gasteiger charge is -2.11. The van der Waals surface area contributed by atoms with E-state index in [2.05, 4.69) is 17.3 Å². The Balaban J connectivity index is 3.03. The number of nitrogens with one attached hydrogen (secondary N) is 1. The normalized spacial score (nSPS) is 10.7. The highest BCUT2D eigenvalue weighted by atomic mass is 16.5. The zero-order chi connectivity index (χ0) is 12.7. The van der Waals surface area contributed by atoms with Gasteiger partial charge in [-0.3, -0.25) is 5.32 Å². The number of nitrogens with zero attached hydrogens (tertiary/aromatic N) is 2. The summed E-state index contributed by atoms with van der Waals surface area (Å²) in [5.41, 5.74) is 1.09. The number of terminal acetylenes is 1. The largest absolute Gasteiger partial charge is 0.495 e. The van der Waals surface area contributed by atoms with Gasteiger partial charge in [0, 0.05) is 0 Å². The van der Waals surface area contributed by atoms with Crippen molar-refractivity contribution in [3.8, 4) is 30.2 Å². The van der Waals surface area contributed by atoms with Gasteiger partial charge in [0.25, 0.3) is 0 Å². The molecule has 0 fully saturated rings. The number of nitriles is 2. The molecule has 0 aliphatic carbocycles. The van der Waals surface area contributed by atoms with Gasteiger partial charge in [0.05, 0.1) is 25.3 Å². The summed E-state index contributed by atoms with van der Waals surface area (Å²) in [6, 6.07) is 8.60. The Morgan fingerprint density at radius 1 is 1.47 bits per heavy atom. The summed E-state index contributed by atoms with van der Waals surface area (Å²) in [6.07, 6.45) is 5.12. The highest BCUT2D eigenvalue weighted by molar-refractivity contribution is 5.46. The Bertz CT molecular complexity index is 517. The van der Waals surface area contributed by atoms with Crippen molar-refractivity contribution in [1.82, 2.24) is 5.32 Å². The van der Waals surface area contributed by atoms with Gasteiger partial charge in [0.2, 0.25) is 0 Å². The highest BCUT2D eigenvalue weighted by Crippen LogP contribution is 2.22. The molecule has 1 N–H and O–H groups in total. The first kappa shape index (κ1) is 12.6. The van der Waals surface area contributed by atoms with Gasteiger partial charge in [-0.05, 0) is 17.7 Å². The molecule has 1 rings (SSSR count). The topological polar surface area (TPSA) is 68.8 Å². The van der Waals surface area contributed by atoms with Gasteiger partial charge in [0.15, 0.2) is 0 Å². The Labute approximate surface area is 100 Å². The van der Waals surface area contributed by atoms with Crippen LogP contribution >= 0.6 is 0 Å². The van der Waals surface area contributed by atoms with Crippen LogP contribution in [0.15, 0.2) is 18.2 Å². The standard InChI is InChI=1S/C13H11N3O/c1-3-6-16-12(9-15)10-4-5-13(17-2)11(7-10)8-14/h1,4-5,7,12,16H,6H2,2H3. The Kier molecular flexibility index (Phi) is 4.58. The second-order valence-corrected chi connectivity index (χ2v) is 3.22. The van der Waals surface area contributed by atoms with Gasteiger partial charge in [-0.1, -0.05) is 12.0 Å². The Morgan fingerprint density at radius 3 is 2.76 bits per heavy atom. The third-order valence-corrected chi connectivity index (χ3v) is 2.21. The molecule has 84 valence electrons. The lowest BCUT2D eigenvalue weighted by Crippen LogP contribution is -2.20. The molecule has 0 saturated heterocycles. The van der Waals surface area contributed by atoms with Gasteiger partial charge >= 0.3 is 0 Å². The van der Waals surface area contributed by atoms with Crippen molar-refractivity contribution in [2.45, 2.75) is 6.04 Å². The van der Waals surface area contributed by atoms with E-state index < -0.39 is 6.04 Å². The number of hydrogen-bond donors (Lipinski definition) is 1. The molecule has 4 nitrogen and oxygen atoms in total. The van der Waals surface area contributed by atoms with Crippen molar-refractivity contribution >= 4 is 0 Å². The van der Waals surface area contributed by atoms with E-state index in [0.717, 1.165) is 0 Å². The molecule has 1 aromatic carbocycles. The fourth-order valence-electron chi connectivity index (χ4n) is 1.39. The zero-order valence-corrected chi connectivity index (χ0v) is 9.40. The van der Waals surface area contributed by atoms with Crippen LogP contribution in [0.3, 0.4) is 0 Å². The van der Waals surface area contributed by atoms with Crippen LogP contribution < -0.4 is 10.1 Å². The first-order valence-corrected chi connectivity index (χ1v) is 4.91. The Morgan fingerprint density at radius 2 is 2.24 bits per heavy atom. The molecule has 0 heterocycles. The van der Waals surface area contributed by atoms with Gasteiger partial charge in [-0.25, -0.2) is 0 Å². The van der Waals surface area contributed by atoms with Crippen molar-refractivity contribution in [3.63, 3.8) is 0 Å². The van der Waals surface area contributed by atoms with Crippen molar-refractivity contribution in [3.05, 3.63) is 29.3 Å². The first-order chi connectivity index (χ1) is 8.26. The maximum atomic E-state index is 9.00. The second-order valence-electron chi connectivity index (χ2n) is 3.22. The lowest BCUT2D eigenvalue weighted by molar-refractivity contribution is 0.413. The van der Waals surface area contributed by atoms with Crippen molar-refractivity contribution in [1.29, 1.82) is 10.5 Å². The molecule has 1 unspecified atom stereocenters. The number of rotatable bonds is 4. The maximum absolute atomic E-state index is 9.00. The van der Waals surface area contributed by atoms with Gasteiger partial charge in [-0.2, -0.15) is 10.5 Å². The molecule has 0 amide bonds. The smallest absolute Gasteiger partial charge is 0.136 e. The molecule has 0 aliphatic rings. The summed E-state index contributed by atoms with van der Waals surface area (Å²) < 4.78 is 5.03. The molecule has 0 radical (unpaired) electrons. The minimum atomic E-state index is -0.524. The van der Waals surface area contributed by atoms with E-state index in [0.29, 0.717) is 23.4 Å². The van der Waals surface area contributed by atoms with Crippen LogP contribution in [0.25, 0.3) is 0 Å². The van der Waals surface area contributed by atoms with E-state index >= 15 is 0 Å². The van der Waals surface area contributed by atoms with Crippen LogP contribution in [0.4, 0.5) is 0 Å². The van der Waals surface area contributed by atoms with E-state index in [1.165, 1.54) is 7.11 Å². The number of methoxy groups -OCH3 is 1. The van der Waals surface area contributed by atoms with Crippen molar-refractivity contribution < 1.29 is 4.74 Å². The van der Waals surface area contributed by atoms with E-state index in [1.54, 1.807) is 18.2 Å². The summed E-state index contributed by atoms with van der Waals surface area (Å²) in [7, 11) is 1.49. The molecular formula is C13H11N3O. The second kappa shape index (κ2) is 6.18. The molecule has 0 saturated carbocycles. The van der Waals surface area contributed by atoms with Gasteiger partial charge in [0.1, 0.15) is 17.9 Å². The Hall–Kier alpha value is -2.48. The van der Waals surface area contributed by atoms with Crippen LogP contribution in [-0.4, -0.2) is 13.7 Å². The first-order valence-electron chi connectivity index (χ1n) is 4.91. The molecule has 4 heteroatoms. The molecule has 1 aromatic rings. The van der Waals surface area contributed by atoms with Gasteiger partial charge < -0.3 is 4.74 Å². The lowest BCUT2D eigenvalue weighted by atomic mass is 10.0. The molecule has 0 aromatic heterocycles. The summed E-state index contributed by atoms with van der Waals surface area (Å²) in [5.74, 6) is 2.89. The summed E-state index contributed by atoms with van der Waals surface area (Å²) in [6.45, 7) is 0.298. The summed E-state index contributed by atoms with van der Waals surface area (Å²) in [4.78, 5) is 0. The van der Waals surface area contributed by atoms with Gasteiger partial charge in [-0.15, -0.1) is 6.42 Å². The minimum Gasteiger partial charge on any atom is -0.495 e. The van der Waals surface area contributed by atoms with Crippen LogP contribution in [0.2, 0.25) is 0 Å². The van der Waals surface area contributed by atoms with E-state index in [-0.39, 0.29) is 0 Å². The fraction of sp³-hybridized carbons (Fsp3) is 0.231. The average Bonchev–Trinajstić information content (AvgIpc) is 2.39. The van der Waals surface area contributed by atoms with Crippen molar-refractivity contribution in [2.75, 3.05) is 13.7 Å². The summed E-state index contributed by atoms with van der Waals surface area (Å²) >= 11 is 0. The van der Waals surface area contributed by atoms with Crippen molar-refractivity contribution in [2.24, 2.45) is 0 Å². The number of benzene rings is 1. The molecular weight excluding hydrogens is 214 g/mol. The predicted molar refractivity (Wildman–Crippen MR) is 62.9 cm³/mol. The quantitative estimate of drug-likeness (QED) is 0.785. The maximum Gasteiger partial charge on any atom is 0.136 e. The van der Waals surface area contributed by atoms with E-state index in [1.807, 2.05) is 6.07 Å². The monoisotopic (exact) mass is 225 g/mol. The van der Waals surface area contributed by atoms with Crippen LogP contribution in [0.5, 0.6) is 5.75 Å². The van der Waals surface area contributed by atoms with E-state index in [4.69, 9.17) is 21.7 Å². The SMILES string of the molecule is C#CCNC(C#N)c1ccc(OC)c(C#N)c1. The third-order valence-electron chi connectivity index (χ3n) is 2.21. The number of hydrogen-bond acceptors (Lipinski definition) is 4. The molecule has 0 spiro atoms. The summed E-state index contributed by atoms with van der Waals surface area (Å²) in [5, 5.41) is 20.8. The average molecular weight is 225 g/mol.